The third-order valence-corrected chi connectivity index (χ3v) is 2.58. The Bertz CT molecular complexity index is 467. The van der Waals surface area contributed by atoms with E-state index in [4.69, 9.17) is 5.73 Å². The first-order valence-electron chi connectivity index (χ1n) is 3.93. The van der Waals surface area contributed by atoms with Crippen molar-refractivity contribution in [3.63, 3.8) is 0 Å². The van der Waals surface area contributed by atoms with Gasteiger partial charge in [0.05, 0.1) is 17.6 Å². The van der Waals surface area contributed by atoms with Crippen molar-refractivity contribution in [2.24, 2.45) is 0 Å². The Hall–Kier alpha value is -1.36. The zero-order chi connectivity index (χ0) is 10.1. The van der Waals surface area contributed by atoms with Gasteiger partial charge in [0.1, 0.15) is 10.4 Å². The largest absolute Gasteiger partial charge is 0.395 e. The van der Waals surface area contributed by atoms with E-state index < -0.39 is 0 Å². The van der Waals surface area contributed by atoms with Crippen molar-refractivity contribution in [3.8, 4) is 5.69 Å². The first-order valence-corrected chi connectivity index (χ1v) is 4.73. The molecule has 72 valence electrons. The average molecular weight is 256 g/mol. The Balaban J connectivity index is 2.55. The molecule has 0 aliphatic heterocycles. The second-order valence-corrected chi connectivity index (χ2v) is 3.53. The number of rotatable bonds is 1. The molecule has 1 aromatic carbocycles. The Labute approximate surface area is 88.5 Å². The van der Waals surface area contributed by atoms with E-state index in [0.717, 1.165) is 0 Å². The lowest BCUT2D eigenvalue weighted by Crippen LogP contribution is -1.97. The third kappa shape index (κ3) is 1.50. The van der Waals surface area contributed by atoms with E-state index >= 15 is 0 Å². The van der Waals surface area contributed by atoms with Crippen LogP contribution in [-0.2, 0) is 0 Å². The Morgan fingerprint density at radius 2 is 2.21 bits per heavy atom. The molecule has 0 atom stereocenters. The van der Waals surface area contributed by atoms with Crippen molar-refractivity contribution < 1.29 is 4.39 Å². The summed E-state index contributed by atoms with van der Waals surface area (Å²) in [6.07, 6.45) is 1.51. The van der Waals surface area contributed by atoms with E-state index in [-0.39, 0.29) is 5.82 Å². The molecule has 1 aromatic heterocycles. The quantitative estimate of drug-likeness (QED) is 0.851. The van der Waals surface area contributed by atoms with Gasteiger partial charge in [-0.3, -0.25) is 0 Å². The maximum atomic E-state index is 12.9. The lowest BCUT2D eigenvalue weighted by Gasteiger charge is -2.02. The zero-order valence-corrected chi connectivity index (χ0v) is 8.70. The van der Waals surface area contributed by atoms with Crippen molar-refractivity contribution in [1.29, 1.82) is 0 Å². The van der Waals surface area contributed by atoms with Crippen molar-refractivity contribution in [3.05, 3.63) is 40.9 Å². The smallest absolute Gasteiger partial charge is 0.132 e. The molecule has 0 unspecified atom stereocenters. The van der Waals surface area contributed by atoms with Gasteiger partial charge < -0.3 is 5.73 Å². The van der Waals surface area contributed by atoms with Crippen molar-refractivity contribution in [2.45, 2.75) is 0 Å². The third-order valence-electron chi connectivity index (χ3n) is 1.79. The van der Waals surface area contributed by atoms with Crippen LogP contribution < -0.4 is 5.73 Å². The standard InChI is InChI=1S/C9H7BrFN3/c10-9-8(12)5-13-14(9)7-3-1-2-6(11)4-7/h1-5H,12H2. The molecular formula is C9H7BrFN3. The lowest BCUT2D eigenvalue weighted by molar-refractivity contribution is 0.625. The predicted octanol–water partition coefficient (Wildman–Crippen LogP) is 2.36. The maximum absolute atomic E-state index is 12.9. The van der Waals surface area contributed by atoms with Gasteiger partial charge in [-0.2, -0.15) is 5.10 Å². The molecule has 0 saturated carbocycles. The summed E-state index contributed by atoms with van der Waals surface area (Å²) >= 11 is 3.26. The summed E-state index contributed by atoms with van der Waals surface area (Å²) in [5.41, 5.74) is 6.75. The van der Waals surface area contributed by atoms with Crippen LogP contribution >= 0.6 is 15.9 Å². The molecule has 0 bridgehead atoms. The highest BCUT2D eigenvalue weighted by molar-refractivity contribution is 9.10. The van der Waals surface area contributed by atoms with Gasteiger partial charge in [-0.1, -0.05) is 6.07 Å². The summed E-state index contributed by atoms with van der Waals surface area (Å²) in [7, 11) is 0. The number of aromatic nitrogens is 2. The molecule has 5 heteroatoms. The van der Waals surface area contributed by atoms with Crippen LogP contribution in [0.4, 0.5) is 10.1 Å². The van der Waals surface area contributed by atoms with Crippen LogP contribution in [0.15, 0.2) is 35.1 Å². The van der Waals surface area contributed by atoms with E-state index in [0.29, 0.717) is 16.0 Å². The normalized spacial score (nSPS) is 10.4. The van der Waals surface area contributed by atoms with Gasteiger partial charge in [0.25, 0.3) is 0 Å². The fraction of sp³-hybridized carbons (Fsp3) is 0. The summed E-state index contributed by atoms with van der Waals surface area (Å²) in [6, 6.07) is 6.14. The van der Waals surface area contributed by atoms with Crippen LogP contribution in [0, 0.1) is 5.82 Å². The van der Waals surface area contributed by atoms with Crippen molar-refractivity contribution >= 4 is 21.6 Å². The van der Waals surface area contributed by atoms with Gasteiger partial charge in [-0.15, -0.1) is 0 Å². The molecule has 0 radical (unpaired) electrons. The number of halogens is 2. The molecule has 0 fully saturated rings. The monoisotopic (exact) mass is 255 g/mol. The fourth-order valence-electron chi connectivity index (χ4n) is 1.13. The Morgan fingerprint density at radius 3 is 2.79 bits per heavy atom. The molecule has 0 spiro atoms. The van der Waals surface area contributed by atoms with Crippen LogP contribution in [0.1, 0.15) is 0 Å². The average Bonchev–Trinajstić information content (AvgIpc) is 2.48. The van der Waals surface area contributed by atoms with Crippen LogP contribution in [0.5, 0.6) is 0 Å². The van der Waals surface area contributed by atoms with Gasteiger partial charge >= 0.3 is 0 Å². The van der Waals surface area contributed by atoms with Gasteiger partial charge in [0.15, 0.2) is 0 Å². The molecule has 0 saturated heterocycles. The second kappa shape index (κ2) is 3.42. The van der Waals surface area contributed by atoms with Crippen LogP contribution in [-0.4, -0.2) is 9.78 Å². The Kier molecular flexibility index (Phi) is 2.25. The lowest BCUT2D eigenvalue weighted by atomic mass is 10.3. The topological polar surface area (TPSA) is 43.8 Å². The highest BCUT2D eigenvalue weighted by Crippen LogP contribution is 2.22. The van der Waals surface area contributed by atoms with Gasteiger partial charge in [-0.25, -0.2) is 9.07 Å². The first kappa shape index (κ1) is 9.21. The summed E-state index contributed by atoms with van der Waals surface area (Å²) in [6.45, 7) is 0. The second-order valence-electron chi connectivity index (χ2n) is 2.78. The van der Waals surface area contributed by atoms with Crippen molar-refractivity contribution in [2.75, 3.05) is 5.73 Å². The maximum Gasteiger partial charge on any atom is 0.132 e. The number of hydrogen-bond donors (Lipinski definition) is 1. The molecule has 2 rings (SSSR count). The fourth-order valence-corrected chi connectivity index (χ4v) is 1.53. The first-order chi connectivity index (χ1) is 6.68. The highest BCUT2D eigenvalue weighted by Gasteiger charge is 2.06. The molecule has 2 aromatic rings. The number of nitrogens with zero attached hydrogens (tertiary/aromatic N) is 2. The number of benzene rings is 1. The van der Waals surface area contributed by atoms with Gasteiger partial charge in [0, 0.05) is 0 Å². The minimum absolute atomic E-state index is 0.302. The molecule has 1 heterocycles. The number of hydrogen-bond acceptors (Lipinski definition) is 2. The number of nitrogen functional groups attached to an aromatic ring is 1. The molecule has 0 aliphatic rings. The minimum Gasteiger partial charge on any atom is -0.395 e. The SMILES string of the molecule is Nc1cnn(-c2cccc(F)c2)c1Br. The van der Waals surface area contributed by atoms with Crippen LogP contribution in [0.3, 0.4) is 0 Å². The van der Waals surface area contributed by atoms with Gasteiger partial charge in [-0.05, 0) is 34.1 Å². The Morgan fingerprint density at radius 1 is 1.43 bits per heavy atom. The molecule has 0 aliphatic carbocycles. The van der Waals surface area contributed by atoms with E-state index in [2.05, 4.69) is 21.0 Å². The van der Waals surface area contributed by atoms with E-state index in [1.54, 1.807) is 12.1 Å². The molecule has 0 amide bonds. The minimum atomic E-state index is -0.302. The summed E-state index contributed by atoms with van der Waals surface area (Å²) < 4.78 is 15.1. The number of anilines is 1. The van der Waals surface area contributed by atoms with E-state index in [9.17, 15) is 4.39 Å². The van der Waals surface area contributed by atoms with E-state index in [1.807, 2.05) is 0 Å². The molecule has 14 heavy (non-hydrogen) atoms. The van der Waals surface area contributed by atoms with Crippen LogP contribution in [0.2, 0.25) is 0 Å². The predicted molar refractivity (Wildman–Crippen MR) is 55.6 cm³/mol. The highest BCUT2D eigenvalue weighted by atomic mass is 79.9. The molecule has 3 nitrogen and oxygen atoms in total. The van der Waals surface area contributed by atoms with Crippen molar-refractivity contribution in [1.82, 2.24) is 9.78 Å². The summed E-state index contributed by atoms with van der Waals surface area (Å²) in [5, 5.41) is 4.00. The summed E-state index contributed by atoms with van der Waals surface area (Å²) in [5.74, 6) is -0.302. The van der Waals surface area contributed by atoms with E-state index in [1.165, 1.54) is 23.0 Å². The summed E-state index contributed by atoms with van der Waals surface area (Å²) in [4.78, 5) is 0. The number of nitrogens with two attached hydrogens (primary N) is 1. The van der Waals surface area contributed by atoms with Gasteiger partial charge in [0.2, 0.25) is 0 Å². The van der Waals surface area contributed by atoms with Crippen LogP contribution in [0.25, 0.3) is 5.69 Å². The molecule has 2 N–H and O–H groups in total. The molecular weight excluding hydrogens is 249 g/mol. The zero-order valence-electron chi connectivity index (χ0n) is 7.11.